The lowest BCUT2D eigenvalue weighted by Crippen LogP contribution is -2.13. The van der Waals surface area contributed by atoms with Gasteiger partial charge in [-0.25, -0.2) is 0 Å². The summed E-state index contributed by atoms with van der Waals surface area (Å²) < 4.78 is 11.2. The van der Waals surface area contributed by atoms with E-state index in [-0.39, 0.29) is 12.5 Å². The molecule has 0 aliphatic heterocycles. The average Bonchev–Trinajstić information content (AvgIpc) is 2.66. The molecule has 3 aromatic rings. The van der Waals surface area contributed by atoms with Crippen LogP contribution in [0.1, 0.15) is 21.5 Å². The highest BCUT2D eigenvalue weighted by atomic mass is 35.5. The number of hydrogen-bond acceptors (Lipinski definition) is 3. The number of methoxy groups -OCH3 is 1. The van der Waals surface area contributed by atoms with E-state index in [9.17, 15) is 4.79 Å². The predicted octanol–water partition coefficient (Wildman–Crippen LogP) is 5.49. The molecule has 27 heavy (non-hydrogen) atoms. The Balaban J connectivity index is 1.77. The molecule has 0 bridgehead atoms. The van der Waals surface area contributed by atoms with E-state index in [0.29, 0.717) is 22.1 Å². The first-order valence-electron chi connectivity index (χ1n) is 8.48. The monoisotopic (exact) mass is 381 g/mol. The third-order valence-corrected chi connectivity index (χ3v) is 4.24. The minimum absolute atomic E-state index is 0.188. The Morgan fingerprint density at radius 1 is 1.04 bits per heavy atom. The van der Waals surface area contributed by atoms with Crippen LogP contribution in [-0.4, -0.2) is 13.0 Å². The molecule has 0 spiro atoms. The zero-order chi connectivity index (χ0) is 19.2. The van der Waals surface area contributed by atoms with Gasteiger partial charge in [0.15, 0.2) is 0 Å². The van der Waals surface area contributed by atoms with E-state index in [1.54, 1.807) is 37.4 Å². The Hall–Kier alpha value is -2.98. The number of carbonyl (C=O) groups is 1. The number of amides is 1. The van der Waals surface area contributed by atoms with Crippen LogP contribution >= 0.6 is 11.6 Å². The van der Waals surface area contributed by atoms with Gasteiger partial charge in [-0.15, -0.1) is 0 Å². The largest absolute Gasteiger partial charge is 0.496 e. The van der Waals surface area contributed by atoms with Crippen molar-refractivity contribution in [3.05, 3.63) is 88.4 Å². The van der Waals surface area contributed by atoms with Crippen LogP contribution in [0.5, 0.6) is 11.5 Å². The number of anilines is 1. The molecule has 0 aliphatic rings. The second-order valence-corrected chi connectivity index (χ2v) is 6.53. The molecule has 0 saturated carbocycles. The first-order chi connectivity index (χ1) is 13.0. The predicted molar refractivity (Wildman–Crippen MR) is 108 cm³/mol. The number of ether oxygens (including phenoxy) is 2. The standard InChI is InChI=1S/C22H20ClNO3/c1-15-5-3-7-19(11-15)24-22(25)16-9-10-21(26-2)17(12-16)14-27-20-8-4-6-18(23)13-20/h3-13H,14H2,1-2H3,(H,24,25). The summed E-state index contributed by atoms with van der Waals surface area (Å²) in [7, 11) is 1.59. The van der Waals surface area contributed by atoms with Crippen molar-refractivity contribution < 1.29 is 14.3 Å². The molecule has 0 aromatic heterocycles. The smallest absolute Gasteiger partial charge is 0.255 e. The molecule has 0 heterocycles. The SMILES string of the molecule is COc1ccc(C(=O)Nc2cccc(C)c2)cc1COc1cccc(Cl)c1. The van der Waals surface area contributed by atoms with Crippen molar-refractivity contribution in [2.24, 2.45) is 0 Å². The van der Waals surface area contributed by atoms with Gasteiger partial charge < -0.3 is 14.8 Å². The van der Waals surface area contributed by atoms with Gasteiger partial charge in [-0.2, -0.15) is 0 Å². The number of benzene rings is 3. The first-order valence-corrected chi connectivity index (χ1v) is 8.86. The third-order valence-electron chi connectivity index (χ3n) is 4.01. The van der Waals surface area contributed by atoms with Crippen LogP contribution in [0.4, 0.5) is 5.69 Å². The fraction of sp³-hybridized carbons (Fsp3) is 0.136. The zero-order valence-corrected chi connectivity index (χ0v) is 15.9. The molecule has 4 nitrogen and oxygen atoms in total. The second kappa shape index (κ2) is 8.60. The topological polar surface area (TPSA) is 47.6 Å². The fourth-order valence-electron chi connectivity index (χ4n) is 2.68. The van der Waals surface area contributed by atoms with E-state index in [4.69, 9.17) is 21.1 Å². The molecular weight excluding hydrogens is 362 g/mol. The van der Waals surface area contributed by atoms with Gasteiger partial charge in [0.2, 0.25) is 0 Å². The van der Waals surface area contributed by atoms with Crippen molar-refractivity contribution in [1.82, 2.24) is 0 Å². The molecule has 0 atom stereocenters. The third kappa shape index (κ3) is 5.02. The van der Waals surface area contributed by atoms with Gasteiger partial charge in [0.1, 0.15) is 18.1 Å². The molecular formula is C22H20ClNO3. The lowest BCUT2D eigenvalue weighted by Gasteiger charge is -2.13. The average molecular weight is 382 g/mol. The van der Waals surface area contributed by atoms with Crippen LogP contribution in [-0.2, 0) is 6.61 Å². The minimum Gasteiger partial charge on any atom is -0.496 e. The minimum atomic E-state index is -0.188. The molecule has 3 rings (SSSR count). The van der Waals surface area contributed by atoms with Crippen LogP contribution in [0.3, 0.4) is 0 Å². The summed E-state index contributed by atoms with van der Waals surface area (Å²) in [6, 6.07) is 20.1. The summed E-state index contributed by atoms with van der Waals surface area (Å²) in [5.41, 5.74) is 3.14. The van der Waals surface area contributed by atoms with E-state index >= 15 is 0 Å². The Bertz CT molecular complexity index is 956. The second-order valence-electron chi connectivity index (χ2n) is 6.10. The molecule has 1 amide bonds. The number of hydrogen-bond donors (Lipinski definition) is 1. The van der Waals surface area contributed by atoms with Gasteiger partial charge in [0.25, 0.3) is 5.91 Å². The molecule has 0 fully saturated rings. The lowest BCUT2D eigenvalue weighted by atomic mass is 10.1. The zero-order valence-electron chi connectivity index (χ0n) is 15.2. The molecule has 0 radical (unpaired) electrons. The van der Waals surface area contributed by atoms with Crippen molar-refractivity contribution in [3.63, 3.8) is 0 Å². The van der Waals surface area contributed by atoms with Crippen molar-refractivity contribution >= 4 is 23.2 Å². The number of nitrogens with one attached hydrogen (secondary N) is 1. The van der Waals surface area contributed by atoms with E-state index in [2.05, 4.69) is 5.32 Å². The summed E-state index contributed by atoms with van der Waals surface area (Å²) in [6.45, 7) is 2.24. The van der Waals surface area contributed by atoms with Crippen LogP contribution in [0.15, 0.2) is 66.7 Å². The lowest BCUT2D eigenvalue weighted by molar-refractivity contribution is 0.102. The maximum absolute atomic E-state index is 12.6. The van der Waals surface area contributed by atoms with Crippen molar-refractivity contribution in [2.45, 2.75) is 13.5 Å². The molecule has 138 valence electrons. The first kappa shape index (κ1) is 18.8. The summed E-state index contributed by atoms with van der Waals surface area (Å²) in [6.07, 6.45) is 0. The van der Waals surface area contributed by atoms with Gasteiger partial charge in [-0.05, 0) is 61.0 Å². The van der Waals surface area contributed by atoms with Crippen molar-refractivity contribution in [3.8, 4) is 11.5 Å². The van der Waals surface area contributed by atoms with Crippen LogP contribution in [0.2, 0.25) is 5.02 Å². The molecule has 3 aromatic carbocycles. The van der Waals surface area contributed by atoms with E-state index < -0.39 is 0 Å². The summed E-state index contributed by atoms with van der Waals surface area (Å²) in [5.74, 6) is 1.12. The maximum atomic E-state index is 12.6. The Kier molecular flexibility index (Phi) is 5.99. The van der Waals surface area contributed by atoms with Crippen LogP contribution in [0, 0.1) is 6.92 Å². The van der Waals surface area contributed by atoms with Crippen LogP contribution < -0.4 is 14.8 Å². The number of rotatable bonds is 6. The summed E-state index contributed by atoms with van der Waals surface area (Å²) in [4.78, 5) is 12.6. The number of halogens is 1. The normalized spacial score (nSPS) is 10.3. The van der Waals surface area contributed by atoms with Crippen molar-refractivity contribution in [2.75, 3.05) is 12.4 Å². The van der Waals surface area contributed by atoms with E-state index in [0.717, 1.165) is 16.8 Å². The van der Waals surface area contributed by atoms with Gasteiger partial charge in [-0.1, -0.05) is 29.8 Å². The highest BCUT2D eigenvalue weighted by molar-refractivity contribution is 6.30. The van der Waals surface area contributed by atoms with E-state index in [1.165, 1.54) is 0 Å². The molecule has 5 heteroatoms. The summed E-state index contributed by atoms with van der Waals surface area (Å²) in [5, 5.41) is 3.51. The molecule has 0 saturated heterocycles. The fourth-order valence-corrected chi connectivity index (χ4v) is 2.86. The van der Waals surface area contributed by atoms with E-state index in [1.807, 2.05) is 43.3 Å². The number of aryl methyl sites for hydroxylation is 1. The Labute approximate surface area is 163 Å². The quantitative estimate of drug-likeness (QED) is 0.614. The highest BCUT2D eigenvalue weighted by Crippen LogP contribution is 2.24. The highest BCUT2D eigenvalue weighted by Gasteiger charge is 2.11. The molecule has 1 N–H and O–H groups in total. The summed E-state index contributed by atoms with van der Waals surface area (Å²) >= 11 is 5.98. The van der Waals surface area contributed by atoms with Gasteiger partial charge >= 0.3 is 0 Å². The maximum Gasteiger partial charge on any atom is 0.255 e. The number of carbonyl (C=O) groups excluding carboxylic acids is 1. The van der Waals surface area contributed by atoms with Gasteiger partial charge in [-0.3, -0.25) is 4.79 Å². The van der Waals surface area contributed by atoms with Crippen LogP contribution in [0.25, 0.3) is 0 Å². The Morgan fingerprint density at radius 3 is 2.59 bits per heavy atom. The van der Waals surface area contributed by atoms with Gasteiger partial charge in [0, 0.05) is 21.8 Å². The molecule has 0 unspecified atom stereocenters. The molecule has 0 aliphatic carbocycles. The Morgan fingerprint density at radius 2 is 1.85 bits per heavy atom. The van der Waals surface area contributed by atoms with Crippen molar-refractivity contribution in [1.29, 1.82) is 0 Å². The van der Waals surface area contributed by atoms with Gasteiger partial charge in [0.05, 0.1) is 7.11 Å².